The van der Waals surface area contributed by atoms with Gasteiger partial charge in [0.2, 0.25) is 0 Å². The van der Waals surface area contributed by atoms with Gasteiger partial charge < -0.3 is 10.1 Å². The summed E-state index contributed by atoms with van der Waals surface area (Å²) in [7, 11) is 0. The Morgan fingerprint density at radius 1 is 1.59 bits per heavy atom. The van der Waals surface area contributed by atoms with Gasteiger partial charge >= 0.3 is 0 Å². The molecule has 2 nitrogen and oxygen atoms in total. The largest absolute Gasteiger partial charge is 0.377 e. The summed E-state index contributed by atoms with van der Waals surface area (Å²) < 4.78 is 18.5. The summed E-state index contributed by atoms with van der Waals surface area (Å²) in [5.74, 6) is -0.300. The van der Waals surface area contributed by atoms with Crippen LogP contribution in [0.4, 0.5) is 4.39 Å². The van der Waals surface area contributed by atoms with E-state index in [1.807, 2.05) is 0 Å². The third-order valence-corrected chi connectivity index (χ3v) is 3.50. The van der Waals surface area contributed by atoms with Crippen LogP contribution in [0.25, 0.3) is 0 Å². The Balaban J connectivity index is 1.88. The predicted molar refractivity (Wildman–Crippen MR) is 66.7 cm³/mol. The van der Waals surface area contributed by atoms with Gasteiger partial charge in [-0.2, -0.15) is 0 Å². The number of hydrogen-bond acceptors (Lipinski definition) is 2. The first-order valence-corrected chi connectivity index (χ1v) is 6.33. The summed E-state index contributed by atoms with van der Waals surface area (Å²) in [6.45, 7) is 3.60. The van der Waals surface area contributed by atoms with Crippen molar-refractivity contribution in [3.63, 3.8) is 0 Å². The van der Waals surface area contributed by atoms with Crippen LogP contribution < -0.4 is 5.32 Å². The van der Waals surface area contributed by atoms with E-state index in [1.165, 1.54) is 12.1 Å². The highest BCUT2D eigenvalue weighted by Crippen LogP contribution is 2.19. The molecule has 17 heavy (non-hydrogen) atoms. The Labute approximate surface area is 106 Å². The molecule has 0 aromatic heterocycles. The molecule has 1 fully saturated rings. The molecule has 94 valence electrons. The van der Waals surface area contributed by atoms with Gasteiger partial charge in [0.1, 0.15) is 5.82 Å². The zero-order chi connectivity index (χ0) is 12.3. The minimum atomic E-state index is -0.300. The maximum Gasteiger partial charge on any atom is 0.124 e. The molecule has 2 atom stereocenters. The maximum atomic E-state index is 12.9. The van der Waals surface area contributed by atoms with Crippen molar-refractivity contribution in [1.82, 2.24) is 5.32 Å². The Morgan fingerprint density at radius 3 is 3.06 bits per heavy atom. The van der Waals surface area contributed by atoms with Crippen LogP contribution in [-0.4, -0.2) is 18.8 Å². The first-order chi connectivity index (χ1) is 8.16. The molecule has 0 bridgehead atoms. The number of halogens is 2. The fourth-order valence-corrected chi connectivity index (χ4v) is 2.30. The third kappa shape index (κ3) is 3.41. The number of benzene rings is 1. The minimum absolute atomic E-state index is 0.286. The van der Waals surface area contributed by atoms with Gasteiger partial charge in [0.25, 0.3) is 0 Å². The fourth-order valence-electron chi connectivity index (χ4n) is 2.06. The monoisotopic (exact) mass is 257 g/mol. The van der Waals surface area contributed by atoms with Crippen LogP contribution in [0.1, 0.15) is 25.3 Å². The highest BCUT2D eigenvalue weighted by Gasteiger charge is 2.21. The molecule has 2 unspecified atom stereocenters. The Hall–Kier alpha value is -0.640. The summed E-state index contributed by atoms with van der Waals surface area (Å²) in [5, 5.41) is 3.84. The van der Waals surface area contributed by atoms with E-state index >= 15 is 0 Å². The lowest BCUT2D eigenvalue weighted by Gasteiger charge is -2.20. The summed E-state index contributed by atoms with van der Waals surface area (Å²) in [6, 6.07) is 4.78. The average Bonchev–Trinajstić information content (AvgIpc) is 2.81. The molecule has 1 aromatic carbocycles. The first kappa shape index (κ1) is 12.8. The maximum absolute atomic E-state index is 12.9. The van der Waals surface area contributed by atoms with Gasteiger partial charge in [-0.25, -0.2) is 4.39 Å². The van der Waals surface area contributed by atoms with Crippen molar-refractivity contribution in [3.8, 4) is 0 Å². The van der Waals surface area contributed by atoms with E-state index in [2.05, 4.69) is 12.2 Å². The molecule has 2 rings (SSSR count). The number of nitrogens with one attached hydrogen (secondary N) is 1. The summed E-state index contributed by atoms with van der Waals surface area (Å²) in [4.78, 5) is 0. The van der Waals surface area contributed by atoms with E-state index in [9.17, 15) is 4.39 Å². The Bertz CT molecular complexity index is 380. The van der Waals surface area contributed by atoms with Gasteiger partial charge in [0.05, 0.1) is 6.10 Å². The molecule has 0 saturated carbocycles. The second-order valence-corrected chi connectivity index (χ2v) is 4.86. The van der Waals surface area contributed by atoms with Gasteiger partial charge in [-0.3, -0.25) is 0 Å². The lowest BCUT2D eigenvalue weighted by molar-refractivity contribution is 0.0832. The van der Waals surface area contributed by atoms with Crippen molar-refractivity contribution < 1.29 is 9.13 Å². The lowest BCUT2D eigenvalue weighted by Crippen LogP contribution is -2.36. The van der Waals surface area contributed by atoms with Gasteiger partial charge in [-0.15, -0.1) is 0 Å². The third-order valence-electron chi connectivity index (χ3n) is 3.15. The quantitative estimate of drug-likeness (QED) is 0.895. The smallest absolute Gasteiger partial charge is 0.124 e. The molecule has 1 aliphatic heterocycles. The number of ether oxygens (including phenoxy) is 1. The van der Waals surface area contributed by atoms with Crippen LogP contribution in [0.3, 0.4) is 0 Å². The van der Waals surface area contributed by atoms with E-state index < -0.39 is 0 Å². The predicted octanol–water partition coefficient (Wildman–Crippen LogP) is 3.14. The molecule has 1 aromatic rings. The normalized spacial score (nSPS) is 21.7. The minimum Gasteiger partial charge on any atom is -0.377 e. The van der Waals surface area contributed by atoms with Crippen molar-refractivity contribution >= 4 is 11.6 Å². The highest BCUT2D eigenvalue weighted by molar-refractivity contribution is 6.31. The van der Waals surface area contributed by atoms with Gasteiger partial charge in [0.15, 0.2) is 0 Å². The molecular formula is C13H17ClFNO. The summed E-state index contributed by atoms with van der Waals surface area (Å²) in [5.41, 5.74) is 0.915. The number of hydrogen-bond donors (Lipinski definition) is 1. The highest BCUT2D eigenvalue weighted by atomic mass is 35.5. The molecule has 1 N–H and O–H groups in total. The summed E-state index contributed by atoms with van der Waals surface area (Å²) >= 11 is 5.96. The van der Waals surface area contributed by atoms with Crippen LogP contribution in [0, 0.1) is 5.82 Å². The number of rotatable bonds is 4. The van der Waals surface area contributed by atoms with E-state index in [1.54, 1.807) is 6.07 Å². The molecule has 0 aliphatic carbocycles. The van der Waals surface area contributed by atoms with Crippen LogP contribution in [0.2, 0.25) is 5.02 Å². The topological polar surface area (TPSA) is 21.3 Å². The van der Waals surface area contributed by atoms with E-state index in [-0.39, 0.29) is 11.9 Å². The first-order valence-electron chi connectivity index (χ1n) is 5.96. The van der Waals surface area contributed by atoms with Gasteiger partial charge in [-0.1, -0.05) is 17.7 Å². The molecule has 1 saturated heterocycles. The molecule has 0 radical (unpaired) electrons. The van der Waals surface area contributed by atoms with Crippen molar-refractivity contribution in [2.24, 2.45) is 0 Å². The molecule has 1 heterocycles. The summed E-state index contributed by atoms with van der Waals surface area (Å²) in [6.07, 6.45) is 2.52. The van der Waals surface area contributed by atoms with Gasteiger partial charge in [0, 0.05) is 24.2 Å². The van der Waals surface area contributed by atoms with Crippen molar-refractivity contribution in [3.05, 3.63) is 34.6 Å². The molecule has 0 amide bonds. The molecular weight excluding hydrogens is 241 g/mol. The molecule has 1 aliphatic rings. The second-order valence-electron chi connectivity index (χ2n) is 4.46. The van der Waals surface area contributed by atoms with E-state index in [0.29, 0.717) is 17.6 Å². The standard InChI is InChI=1S/C13H17ClFNO/c1-9(13-3-2-6-17-13)16-8-10-4-5-11(15)7-12(10)14/h4-5,7,9,13,16H,2-3,6,8H2,1H3. The van der Waals surface area contributed by atoms with Crippen LogP contribution >= 0.6 is 11.6 Å². The van der Waals surface area contributed by atoms with Crippen molar-refractivity contribution in [2.75, 3.05) is 6.61 Å². The second kappa shape index (κ2) is 5.80. The van der Waals surface area contributed by atoms with Crippen LogP contribution in [0.5, 0.6) is 0 Å². The van der Waals surface area contributed by atoms with E-state index in [4.69, 9.17) is 16.3 Å². The van der Waals surface area contributed by atoms with Crippen molar-refractivity contribution in [2.45, 2.75) is 38.5 Å². The van der Waals surface area contributed by atoms with E-state index in [0.717, 1.165) is 25.0 Å². The molecule has 4 heteroatoms. The molecule has 0 spiro atoms. The fraction of sp³-hybridized carbons (Fsp3) is 0.538. The van der Waals surface area contributed by atoms with Crippen LogP contribution in [0.15, 0.2) is 18.2 Å². The zero-order valence-corrected chi connectivity index (χ0v) is 10.6. The average molecular weight is 258 g/mol. The van der Waals surface area contributed by atoms with Gasteiger partial charge in [-0.05, 0) is 37.5 Å². The lowest BCUT2D eigenvalue weighted by atomic mass is 10.1. The van der Waals surface area contributed by atoms with Crippen molar-refractivity contribution in [1.29, 1.82) is 0 Å². The Morgan fingerprint density at radius 2 is 2.41 bits per heavy atom. The Kier molecular flexibility index (Phi) is 4.37. The zero-order valence-electron chi connectivity index (χ0n) is 9.88. The SMILES string of the molecule is CC(NCc1ccc(F)cc1Cl)C1CCCO1. The van der Waals surface area contributed by atoms with Crippen LogP contribution in [-0.2, 0) is 11.3 Å².